The van der Waals surface area contributed by atoms with Crippen molar-refractivity contribution in [1.82, 2.24) is 37.2 Å². The first-order valence-electron chi connectivity index (χ1n) is 17.8. The third-order valence-electron chi connectivity index (χ3n) is 8.14. The molecule has 0 aromatic heterocycles. The van der Waals surface area contributed by atoms with Gasteiger partial charge in [-0.05, 0) is 49.8 Å². The van der Waals surface area contributed by atoms with Gasteiger partial charge in [-0.3, -0.25) is 38.4 Å². The minimum absolute atomic E-state index is 0.0303. The number of amides is 8. The van der Waals surface area contributed by atoms with Crippen LogP contribution in [0.3, 0.4) is 0 Å². The van der Waals surface area contributed by atoms with Crippen molar-refractivity contribution < 1.29 is 53.4 Å². The molecule has 1 rings (SSSR count). The SMILES string of the molecule is CC(C)C[C@H](NC(=O)[C@H](C)NC(=O)[C@H](C)NC(=O)[C@H](CS)NC(=O)[C@@H](NC(=O)[C@H](Cc1ccc(O)cc1)NC(=O)[C@H](CC(N)=O)NC(=O)CN)C(C)C)C(=O)O. The number of nitrogens with two attached hydrogens (primary N) is 2. The lowest BCUT2D eigenvalue weighted by Gasteiger charge is -2.28. The van der Waals surface area contributed by atoms with Gasteiger partial charge in [-0.2, -0.15) is 12.6 Å². The molecule has 0 radical (unpaired) electrons. The number of carbonyl (C=O) groups is 9. The smallest absolute Gasteiger partial charge is 0.326 e. The van der Waals surface area contributed by atoms with Gasteiger partial charge in [0.1, 0.15) is 48.0 Å². The number of carboxylic acids is 1. The maximum atomic E-state index is 13.7. The summed E-state index contributed by atoms with van der Waals surface area (Å²) in [4.78, 5) is 114. The molecule has 56 heavy (non-hydrogen) atoms. The van der Waals surface area contributed by atoms with Crippen LogP contribution in [0, 0.1) is 11.8 Å². The van der Waals surface area contributed by atoms with Gasteiger partial charge in [0.15, 0.2) is 0 Å². The highest BCUT2D eigenvalue weighted by molar-refractivity contribution is 7.80. The predicted octanol–water partition coefficient (Wildman–Crippen LogP) is -3.08. The molecular formula is C35H55N9O11S. The zero-order chi connectivity index (χ0) is 42.9. The molecule has 1 aromatic rings. The summed E-state index contributed by atoms with van der Waals surface area (Å²) in [7, 11) is 0. The summed E-state index contributed by atoms with van der Waals surface area (Å²) < 4.78 is 0. The second-order valence-electron chi connectivity index (χ2n) is 13.9. The largest absolute Gasteiger partial charge is 0.508 e. The Kier molecular flexibility index (Phi) is 20.4. The van der Waals surface area contributed by atoms with Crippen LogP contribution in [-0.2, 0) is 49.6 Å². The molecule has 8 amide bonds. The highest BCUT2D eigenvalue weighted by Gasteiger charge is 2.34. The van der Waals surface area contributed by atoms with Gasteiger partial charge in [-0.15, -0.1) is 0 Å². The fourth-order valence-corrected chi connectivity index (χ4v) is 5.29. The summed E-state index contributed by atoms with van der Waals surface area (Å²) >= 11 is 4.15. The molecule has 0 aliphatic carbocycles. The van der Waals surface area contributed by atoms with Gasteiger partial charge in [0.05, 0.1) is 13.0 Å². The van der Waals surface area contributed by atoms with E-state index in [9.17, 15) is 53.4 Å². The average Bonchev–Trinajstić information content (AvgIpc) is 3.11. The topological polar surface area (TPSA) is 330 Å². The molecule has 0 heterocycles. The van der Waals surface area contributed by atoms with E-state index in [4.69, 9.17) is 11.5 Å². The average molecular weight is 810 g/mol. The van der Waals surface area contributed by atoms with E-state index < -0.39 is 114 Å². The summed E-state index contributed by atoms with van der Waals surface area (Å²) in [6.07, 6.45) is -0.618. The zero-order valence-electron chi connectivity index (χ0n) is 32.2. The fraction of sp³-hybridized carbons (Fsp3) is 0.571. The standard InChI is InChI=1S/C35H55N9O11S/c1-16(2)11-24(35(54)55)42-30(49)19(6)38-29(48)18(5)39-33(52)25(15-56)43-34(53)28(17(3)4)44-32(51)22(12-20-7-9-21(45)10-8-20)41-31(50)23(13-26(37)46)40-27(47)14-36/h7-10,16-19,22-25,28,45,56H,11-15,36H2,1-6H3,(H2,37,46)(H,38,48)(H,39,52)(H,40,47)(H,41,50)(H,42,49)(H,43,53)(H,44,51)(H,54,55)/t18-,19-,22-,23-,24-,25-,28-/m0/s1. The van der Waals surface area contributed by atoms with Crippen LogP contribution in [0.5, 0.6) is 5.75 Å². The van der Waals surface area contributed by atoms with E-state index in [0.717, 1.165) is 0 Å². The van der Waals surface area contributed by atoms with Crippen molar-refractivity contribution in [1.29, 1.82) is 0 Å². The molecular weight excluding hydrogens is 755 g/mol. The van der Waals surface area contributed by atoms with Gasteiger partial charge < -0.3 is 58.9 Å². The Labute approximate surface area is 330 Å². The minimum atomic E-state index is -1.48. The van der Waals surface area contributed by atoms with Crippen molar-refractivity contribution in [2.45, 2.75) is 103 Å². The number of aromatic hydroxyl groups is 1. The van der Waals surface area contributed by atoms with E-state index >= 15 is 0 Å². The Morgan fingerprint density at radius 1 is 0.643 bits per heavy atom. The first kappa shape index (κ1) is 48.6. The lowest BCUT2D eigenvalue weighted by Crippen LogP contribution is -2.61. The molecule has 0 spiro atoms. The third kappa shape index (κ3) is 16.9. The first-order chi connectivity index (χ1) is 26.1. The molecule has 13 N–H and O–H groups in total. The lowest BCUT2D eigenvalue weighted by atomic mass is 10.00. The van der Waals surface area contributed by atoms with Gasteiger partial charge >= 0.3 is 5.97 Å². The molecule has 21 heteroatoms. The van der Waals surface area contributed by atoms with Crippen LogP contribution in [0.2, 0.25) is 0 Å². The van der Waals surface area contributed by atoms with Crippen molar-refractivity contribution in [2.75, 3.05) is 12.3 Å². The molecule has 7 atom stereocenters. The molecule has 0 aliphatic heterocycles. The minimum Gasteiger partial charge on any atom is -0.508 e. The van der Waals surface area contributed by atoms with Crippen LogP contribution in [0.15, 0.2) is 24.3 Å². The monoisotopic (exact) mass is 809 g/mol. The summed E-state index contributed by atoms with van der Waals surface area (Å²) in [6.45, 7) is 8.94. The van der Waals surface area contributed by atoms with Gasteiger partial charge in [0.2, 0.25) is 47.3 Å². The molecule has 0 bridgehead atoms. The zero-order valence-corrected chi connectivity index (χ0v) is 33.1. The number of thiol groups is 1. The summed E-state index contributed by atoms with van der Waals surface area (Å²) in [5.41, 5.74) is 11.1. The first-order valence-corrected chi connectivity index (χ1v) is 18.4. The summed E-state index contributed by atoms with van der Waals surface area (Å²) in [5, 5.41) is 36.1. The number of hydrogen-bond donors (Lipinski definition) is 12. The van der Waals surface area contributed by atoms with Crippen molar-refractivity contribution in [2.24, 2.45) is 23.3 Å². The number of carbonyl (C=O) groups excluding carboxylic acids is 8. The van der Waals surface area contributed by atoms with Crippen molar-refractivity contribution in [3.63, 3.8) is 0 Å². The van der Waals surface area contributed by atoms with E-state index in [1.165, 1.54) is 38.1 Å². The Morgan fingerprint density at radius 3 is 1.61 bits per heavy atom. The Bertz CT molecular complexity index is 1580. The van der Waals surface area contributed by atoms with Crippen molar-refractivity contribution in [3.05, 3.63) is 29.8 Å². The Balaban J connectivity index is 3.10. The number of benzene rings is 1. The number of nitrogens with one attached hydrogen (secondary N) is 7. The van der Waals surface area contributed by atoms with Gasteiger partial charge in [-0.25, -0.2) is 4.79 Å². The van der Waals surface area contributed by atoms with E-state index in [2.05, 4.69) is 49.8 Å². The highest BCUT2D eigenvalue weighted by Crippen LogP contribution is 2.13. The van der Waals surface area contributed by atoms with Crippen LogP contribution in [0.4, 0.5) is 0 Å². The second-order valence-corrected chi connectivity index (χ2v) is 14.3. The Morgan fingerprint density at radius 2 is 1.12 bits per heavy atom. The highest BCUT2D eigenvalue weighted by atomic mass is 32.1. The molecule has 0 saturated heterocycles. The van der Waals surface area contributed by atoms with Crippen molar-refractivity contribution in [3.8, 4) is 5.75 Å². The van der Waals surface area contributed by atoms with Gasteiger partial charge in [0, 0.05) is 12.2 Å². The molecule has 0 unspecified atom stereocenters. The predicted molar refractivity (Wildman–Crippen MR) is 205 cm³/mol. The quantitative estimate of drug-likeness (QED) is 0.0490. The molecule has 312 valence electrons. The van der Waals surface area contributed by atoms with Crippen LogP contribution >= 0.6 is 12.6 Å². The Hall–Kier alpha value is -5.44. The number of rotatable bonds is 23. The van der Waals surface area contributed by atoms with Crippen LogP contribution < -0.4 is 48.7 Å². The normalized spacial score (nSPS) is 14.8. The molecule has 20 nitrogen and oxygen atoms in total. The number of carboxylic acid groups (broad SMARTS) is 1. The molecule has 0 saturated carbocycles. The van der Waals surface area contributed by atoms with Crippen molar-refractivity contribution >= 4 is 65.9 Å². The van der Waals surface area contributed by atoms with Crippen LogP contribution in [0.1, 0.15) is 59.9 Å². The number of hydrogen-bond acceptors (Lipinski definition) is 12. The second kappa shape index (κ2) is 23.5. The van der Waals surface area contributed by atoms with Gasteiger partial charge in [-0.1, -0.05) is 39.8 Å². The number of aliphatic carboxylic acids is 1. The summed E-state index contributed by atoms with van der Waals surface area (Å²) in [6, 6.07) is -3.37. The molecule has 0 fully saturated rings. The molecule has 0 aliphatic rings. The number of primary amides is 1. The maximum absolute atomic E-state index is 13.7. The van der Waals surface area contributed by atoms with E-state index in [0.29, 0.717) is 5.56 Å². The molecule has 1 aromatic carbocycles. The lowest BCUT2D eigenvalue weighted by molar-refractivity contribution is -0.142. The maximum Gasteiger partial charge on any atom is 0.326 e. The van der Waals surface area contributed by atoms with Gasteiger partial charge in [0.25, 0.3) is 0 Å². The van der Waals surface area contributed by atoms with Crippen LogP contribution in [-0.4, -0.2) is 118 Å². The van der Waals surface area contributed by atoms with E-state index in [1.54, 1.807) is 27.7 Å². The van der Waals surface area contributed by atoms with E-state index in [1.807, 2.05) is 0 Å². The summed E-state index contributed by atoms with van der Waals surface area (Å²) in [5.74, 6) is -8.86. The fourth-order valence-electron chi connectivity index (χ4n) is 5.03. The number of phenolic OH excluding ortho intramolecular Hbond substituents is 1. The van der Waals surface area contributed by atoms with Crippen LogP contribution in [0.25, 0.3) is 0 Å². The third-order valence-corrected chi connectivity index (χ3v) is 8.50. The van der Waals surface area contributed by atoms with E-state index in [-0.39, 0.29) is 30.3 Å². The number of phenols is 1.